The van der Waals surface area contributed by atoms with Crippen molar-refractivity contribution in [2.24, 2.45) is 5.92 Å². The highest BCUT2D eigenvalue weighted by molar-refractivity contribution is 6.00. The van der Waals surface area contributed by atoms with Gasteiger partial charge in [-0.2, -0.15) is 0 Å². The van der Waals surface area contributed by atoms with Crippen LogP contribution in [0.25, 0.3) is 0 Å². The van der Waals surface area contributed by atoms with E-state index in [1.54, 1.807) is 0 Å². The number of nitrogens with one attached hydrogen (secondary N) is 1. The first-order valence-electron chi connectivity index (χ1n) is 8.36. The number of hydrogen-bond donors (Lipinski definition) is 1. The Kier molecular flexibility index (Phi) is 3.71. The van der Waals surface area contributed by atoms with E-state index in [-0.39, 0.29) is 18.4 Å². The quantitative estimate of drug-likeness (QED) is 0.691. The molecule has 1 N–H and O–H groups in total. The van der Waals surface area contributed by atoms with Crippen LogP contribution in [0, 0.1) is 5.92 Å². The first-order valence-corrected chi connectivity index (χ1v) is 8.36. The lowest BCUT2D eigenvalue weighted by atomic mass is 9.75. The molecule has 1 saturated heterocycles. The summed E-state index contributed by atoms with van der Waals surface area (Å²) in [5, 5.41) is 2.83. The minimum absolute atomic E-state index is 0.158. The summed E-state index contributed by atoms with van der Waals surface area (Å²) in [4.78, 5) is 25.3. The van der Waals surface area contributed by atoms with Crippen molar-refractivity contribution in [2.75, 3.05) is 0 Å². The van der Waals surface area contributed by atoms with E-state index in [1.165, 1.54) is 0 Å². The molecule has 2 heterocycles. The lowest BCUT2D eigenvalue weighted by Crippen LogP contribution is -2.62. The molecule has 128 valence electrons. The monoisotopic (exact) mass is 337 g/mol. The van der Waals surface area contributed by atoms with E-state index in [0.29, 0.717) is 12.2 Å². The Morgan fingerprint density at radius 2 is 1.92 bits per heavy atom. The molecule has 1 amide bonds. The minimum atomic E-state index is -0.859. The van der Waals surface area contributed by atoms with Gasteiger partial charge in [-0.25, -0.2) is 0 Å². The maximum absolute atomic E-state index is 12.7. The Hall–Kier alpha value is -2.82. The molecule has 4 rings (SSSR count). The van der Waals surface area contributed by atoms with Gasteiger partial charge in [-0.1, -0.05) is 48.5 Å². The van der Waals surface area contributed by atoms with Gasteiger partial charge in [0.1, 0.15) is 18.3 Å². The third-order valence-electron chi connectivity index (χ3n) is 4.81. The fraction of sp³-hybridized carbons (Fsp3) is 0.300. The van der Waals surface area contributed by atoms with Crippen LogP contribution in [0.3, 0.4) is 0 Å². The van der Waals surface area contributed by atoms with Crippen molar-refractivity contribution in [3.05, 3.63) is 65.7 Å². The van der Waals surface area contributed by atoms with E-state index in [1.807, 2.05) is 61.5 Å². The van der Waals surface area contributed by atoms with Gasteiger partial charge in [0.05, 0.1) is 0 Å². The molecule has 0 radical (unpaired) electrons. The van der Waals surface area contributed by atoms with Crippen LogP contribution in [0.5, 0.6) is 5.75 Å². The van der Waals surface area contributed by atoms with Crippen molar-refractivity contribution in [3.8, 4) is 5.75 Å². The van der Waals surface area contributed by atoms with Gasteiger partial charge < -0.3 is 14.8 Å². The highest BCUT2D eigenvalue weighted by Crippen LogP contribution is 2.46. The zero-order valence-electron chi connectivity index (χ0n) is 13.9. The van der Waals surface area contributed by atoms with Crippen molar-refractivity contribution >= 4 is 11.9 Å². The van der Waals surface area contributed by atoms with Crippen molar-refractivity contribution < 1.29 is 19.1 Å². The molecule has 25 heavy (non-hydrogen) atoms. The number of piperidine rings is 1. The molecule has 0 spiro atoms. The Bertz CT molecular complexity index is 819. The van der Waals surface area contributed by atoms with Crippen molar-refractivity contribution in [1.82, 2.24) is 5.32 Å². The number of rotatable bonds is 3. The summed E-state index contributed by atoms with van der Waals surface area (Å²) >= 11 is 0. The highest BCUT2D eigenvalue weighted by Gasteiger charge is 2.52. The number of fused-ring (bicyclic) bond motifs is 4. The van der Waals surface area contributed by atoms with Crippen LogP contribution in [0.2, 0.25) is 0 Å². The van der Waals surface area contributed by atoms with Crippen LogP contribution in [0.4, 0.5) is 0 Å². The average Bonchev–Trinajstić information content (AvgIpc) is 2.60. The van der Waals surface area contributed by atoms with Crippen LogP contribution in [0.15, 0.2) is 54.6 Å². The molecule has 5 heteroatoms. The van der Waals surface area contributed by atoms with Crippen molar-refractivity contribution in [3.63, 3.8) is 0 Å². The van der Waals surface area contributed by atoms with Crippen LogP contribution in [0.1, 0.15) is 30.4 Å². The molecule has 2 aliphatic heterocycles. The van der Waals surface area contributed by atoms with Gasteiger partial charge in [0, 0.05) is 12.3 Å². The van der Waals surface area contributed by atoms with E-state index in [4.69, 9.17) is 9.47 Å². The second-order valence-electron chi connectivity index (χ2n) is 6.74. The van der Waals surface area contributed by atoms with Crippen LogP contribution in [-0.4, -0.2) is 17.6 Å². The van der Waals surface area contributed by atoms with Gasteiger partial charge in [-0.15, -0.1) is 0 Å². The number of hydrogen-bond acceptors (Lipinski definition) is 4. The molecule has 2 aromatic carbocycles. The van der Waals surface area contributed by atoms with Gasteiger partial charge in [0.25, 0.3) is 0 Å². The Labute approximate surface area is 145 Å². The van der Waals surface area contributed by atoms with Crippen LogP contribution >= 0.6 is 0 Å². The Morgan fingerprint density at radius 1 is 1.20 bits per heavy atom. The summed E-state index contributed by atoms with van der Waals surface area (Å²) < 4.78 is 11.4. The predicted octanol–water partition coefficient (Wildman–Crippen LogP) is 2.76. The number of esters is 1. The number of ether oxygens (including phenoxy) is 2. The predicted molar refractivity (Wildman–Crippen MR) is 90.7 cm³/mol. The van der Waals surface area contributed by atoms with Crippen molar-refractivity contribution in [1.29, 1.82) is 0 Å². The molecule has 3 atom stereocenters. The second-order valence-corrected chi connectivity index (χ2v) is 6.74. The molecule has 5 nitrogen and oxygen atoms in total. The van der Waals surface area contributed by atoms with Crippen LogP contribution < -0.4 is 10.1 Å². The van der Waals surface area contributed by atoms with Gasteiger partial charge in [-0.3, -0.25) is 9.59 Å². The molecular formula is C20H19NO4. The zero-order valence-corrected chi connectivity index (χ0v) is 13.9. The standard InChI is InChI=1S/C20H19NO4/c1-20-11-15(14-9-5-6-10-16(14)25-20)17(18(22)21-20)19(23)24-12-13-7-3-2-4-8-13/h2-10,15,17H,11-12H2,1H3,(H,21,22)/t15-,17+,20+/m1/s1. The summed E-state index contributed by atoms with van der Waals surface area (Å²) in [5.41, 5.74) is 0.993. The maximum Gasteiger partial charge on any atom is 0.319 e. The summed E-state index contributed by atoms with van der Waals surface area (Å²) in [6.45, 7) is 1.99. The lowest BCUT2D eigenvalue weighted by Gasteiger charge is -2.46. The maximum atomic E-state index is 12.7. The summed E-state index contributed by atoms with van der Waals surface area (Å²) in [7, 11) is 0. The fourth-order valence-corrected chi connectivity index (χ4v) is 3.68. The van der Waals surface area contributed by atoms with Crippen molar-refractivity contribution in [2.45, 2.75) is 31.6 Å². The average molecular weight is 337 g/mol. The van der Waals surface area contributed by atoms with E-state index in [9.17, 15) is 9.59 Å². The van der Waals surface area contributed by atoms with Gasteiger partial charge in [0.2, 0.25) is 5.91 Å². The normalized spacial score (nSPS) is 26.8. The minimum Gasteiger partial charge on any atom is -0.468 e. The number of carbonyl (C=O) groups is 2. The third kappa shape index (κ3) is 2.86. The molecule has 0 aromatic heterocycles. The first-order chi connectivity index (χ1) is 12.1. The fourth-order valence-electron chi connectivity index (χ4n) is 3.68. The smallest absolute Gasteiger partial charge is 0.319 e. The van der Waals surface area contributed by atoms with Gasteiger partial charge in [-0.05, 0) is 24.1 Å². The molecule has 2 aliphatic rings. The second kappa shape index (κ2) is 5.92. The summed E-state index contributed by atoms with van der Waals surface area (Å²) in [6.07, 6.45) is 0.543. The largest absolute Gasteiger partial charge is 0.468 e. The summed E-state index contributed by atoms with van der Waals surface area (Å²) in [5.74, 6) is -1.23. The summed E-state index contributed by atoms with van der Waals surface area (Å²) in [6, 6.07) is 17.0. The molecule has 0 aliphatic carbocycles. The topological polar surface area (TPSA) is 64.6 Å². The molecule has 1 fully saturated rings. The van der Waals surface area contributed by atoms with E-state index in [2.05, 4.69) is 5.32 Å². The van der Waals surface area contributed by atoms with E-state index in [0.717, 1.165) is 11.1 Å². The number of para-hydroxylation sites is 1. The molecule has 0 saturated carbocycles. The Balaban J connectivity index is 1.59. The van der Waals surface area contributed by atoms with Gasteiger partial charge >= 0.3 is 5.97 Å². The first kappa shape index (κ1) is 15.7. The zero-order chi connectivity index (χ0) is 17.4. The van der Waals surface area contributed by atoms with E-state index < -0.39 is 17.6 Å². The Morgan fingerprint density at radius 3 is 2.72 bits per heavy atom. The third-order valence-corrected chi connectivity index (χ3v) is 4.81. The molecule has 2 bridgehead atoms. The number of carbonyl (C=O) groups excluding carboxylic acids is 2. The number of benzene rings is 2. The molecule has 2 aromatic rings. The molecular weight excluding hydrogens is 318 g/mol. The lowest BCUT2D eigenvalue weighted by molar-refractivity contribution is -0.161. The SMILES string of the molecule is C[C@@]12C[C@H](c3ccccc3O1)[C@H](C(=O)OCc1ccccc1)C(=O)N2. The highest BCUT2D eigenvalue weighted by atomic mass is 16.5. The molecule has 0 unspecified atom stereocenters. The van der Waals surface area contributed by atoms with Gasteiger partial charge in [0.15, 0.2) is 5.72 Å². The van der Waals surface area contributed by atoms with Crippen LogP contribution in [-0.2, 0) is 20.9 Å². The van der Waals surface area contributed by atoms with E-state index >= 15 is 0 Å². The number of amides is 1.